The molecule has 0 saturated heterocycles. The molecular formula is C45H55N3O6S. The number of methoxy groups -OCH3 is 1. The monoisotopic (exact) mass is 765 g/mol. The Labute approximate surface area is 327 Å². The van der Waals surface area contributed by atoms with Crippen LogP contribution in [-0.2, 0) is 29.8 Å². The molecule has 4 aliphatic rings. The number of rotatable bonds is 14. The highest BCUT2D eigenvalue weighted by Gasteiger charge is 2.41. The van der Waals surface area contributed by atoms with E-state index in [1.165, 1.54) is 22.9 Å². The fraction of sp³-hybridized carbons (Fsp3) is 0.400. The Balaban J connectivity index is 1.34. The summed E-state index contributed by atoms with van der Waals surface area (Å²) in [7, 11) is -2.77. The molecule has 3 heterocycles. The number of hydrogen-bond acceptors (Lipinski definition) is 7. The third kappa shape index (κ3) is 8.47. The van der Waals surface area contributed by atoms with Crippen LogP contribution in [0.15, 0.2) is 129 Å². The molecule has 10 heteroatoms. The second-order valence-electron chi connectivity index (χ2n) is 15.7. The fourth-order valence-electron chi connectivity index (χ4n) is 8.34. The van der Waals surface area contributed by atoms with Gasteiger partial charge in [0.2, 0.25) is 5.91 Å². The molecule has 0 atom stereocenters. The van der Waals surface area contributed by atoms with Gasteiger partial charge in [0, 0.05) is 79.3 Å². The topological polar surface area (TPSA) is 108 Å². The zero-order chi connectivity index (χ0) is 39.5. The van der Waals surface area contributed by atoms with Crippen molar-refractivity contribution >= 4 is 27.5 Å². The first-order chi connectivity index (χ1) is 26.2. The number of benzene rings is 2. The van der Waals surface area contributed by atoms with Crippen LogP contribution in [0.4, 0.5) is 5.69 Å². The summed E-state index contributed by atoms with van der Waals surface area (Å²) in [6, 6.07) is 15.0. The van der Waals surface area contributed by atoms with Gasteiger partial charge in [0.25, 0.3) is 10.1 Å². The van der Waals surface area contributed by atoms with Crippen LogP contribution in [0.3, 0.4) is 0 Å². The van der Waals surface area contributed by atoms with E-state index in [0.29, 0.717) is 26.1 Å². The maximum Gasteiger partial charge on any atom is 0.294 e. The molecule has 1 amide bonds. The van der Waals surface area contributed by atoms with Gasteiger partial charge in [-0.05, 0) is 93.2 Å². The van der Waals surface area contributed by atoms with Crippen molar-refractivity contribution in [3.8, 4) is 0 Å². The van der Waals surface area contributed by atoms with Crippen molar-refractivity contribution in [1.82, 2.24) is 10.2 Å². The SMILES string of the molecule is CCN1C2=C(CC3=C(C=CC=C4N(CCCCCC(=O)NCCOC)c5ccc(S(=O)(=O)O)cc5C4(C)C)C=C(c4ccccc4)OC3=C2)C(C)=CC1(C)C. The van der Waals surface area contributed by atoms with Crippen LogP contribution in [0.5, 0.6) is 0 Å². The summed E-state index contributed by atoms with van der Waals surface area (Å²) in [5.74, 6) is 1.67. The summed E-state index contributed by atoms with van der Waals surface area (Å²) in [4.78, 5) is 16.8. The standard InChI is InChI=1S/C45H55N3O6S/c1-8-48-39-29-41-36(28-35(39)31(2)30-44(48,3)4)33(26-40(54-41)32-16-11-9-12-17-32)18-15-19-42-45(5,6)37-27-34(55(50,51)52)21-22-38(37)47(42)24-14-10-13-20-43(49)46-23-25-53-7/h9,11-12,15-19,21-22,26-27,29-30H,8,10,13-14,20,23-25,28H2,1-7H3,(H,46,49)(H,50,51,52). The summed E-state index contributed by atoms with van der Waals surface area (Å²) in [6.45, 7) is 15.6. The van der Waals surface area contributed by atoms with Gasteiger partial charge in [-0.1, -0.05) is 68.8 Å². The first-order valence-electron chi connectivity index (χ1n) is 19.3. The molecule has 2 aromatic carbocycles. The third-order valence-corrected chi connectivity index (χ3v) is 11.9. The van der Waals surface area contributed by atoms with Gasteiger partial charge >= 0.3 is 0 Å². The van der Waals surface area contributed by atoms with Crippen LogP contribution < -0.4 is 10.2 Å². The molecule has 292 valence electrons. The molecule has 0 fully saturated rings. The third-order valence-electron chi connectivity index (χ3n) is 11.1. The van der Waals surface area contributed by atoms with E-state index in [1.807, 2.05) is 18.2 Å². The van der Waals surface area contributed by atoms with E-state index in [-0.39, 0.29) is 16.3 Å². The first-order valence-corrected chi connectivity index (χ1v) is 20.7. The van der Waals surface area contributed by atoms with Crippen LogP contribution in [0, 0.1) is 0 Å². The van der Waals surface area contributed by atoms with E-state index in [9.17, 15) is 17.8 Å². The summed E-state index contributed by atoms with van der Waals surface area (Å²) in [5.41, 5.74) is 9.09. The number of amides is 1. The quantitative estimate of drug-likeness (QED) is 0.145. The molecule has 1 aliphatic carbocycles. The summed E-state index contributed by atoms with van der Waals surface area (Å²) in [5, 5.41) is 2.88. The number of unbranched alkanes of at least 4 members (excludes halogenated alkanes) is 2. The van der Waals surface area contributed by atoms with Crippen molar-refractivity contribution in [2.24, 2.45) is 0 Å². The first kappa shape index (κ1) is 40.0. The normalized spacial score (nSPS) is 19.5. The number of anilines is 1. The highest BCUT2D eigenvalue weighted by molar-refractivity contribution is 7.85. The number of hydrogen-bond donors (Lipinski definition) is 2. The Morgan fingerprint density at radius 1 is 1.02 bits per heavy atom. The van der Waals surface area contributed by atoms with Gasteiger partial charge < -0.3 is 24.6 Å². The van der Waals surface area contributed by atoms with Gasteiger partial charge in [-0.15, -0.1) is 0 Å². The number of carbonyl (C=O) groups excluding carboxylic acids is 1. The molecule has 6 rings (SSSR count). The van der Waals surface area contributed by atoms with Crippen molar-refractivity contribution in [3.63, 3.8) is 0 Å². The maximum absolute atomic E-state index is 12.2. The molecule has 0 bridgehead atoms. The molecule has 2 aromatic rings. The molecule has 9 nitrogen and oxygen atoms in total. The largest absolute Gasteiger partial charge is 0.456 e. The van der Waals surface area contributed by atoms with Crippen molar-refractivity contribution in [2.75, 3.05) is 38.3 Å². The lowest BCUT2D eigenvalue weighted by molar-refractivity contribution is -0.121. The lowest BCUT2D eigenvalue weighted by Gasteiger charge is -2.45. The van der Waals surface area contributed by atoms with Gasteiger partial charge in [0.05, 0.1) is 17.0 Å². The van der Waals surface area contributed by atoms with Crippen LogP contribution in [0.1, 0.15) is 84.8 Å². The van der Waals surface area contributed by atoms with E-state index in [1.54, 1.807) is 19.2 Å². The van der Waals surface area contributed by atoms with Crippen LogP contribution in [0.25, 0.3) is 5.76 Å². The number of allylic oxidation sites excluding steroid dienone is 10. The smallest absolute Gasteiger partial charge is 0.294 e. The van der Waals surface area contributed by atoms with E-state index in [2.05, 4.69) is 105 Å². The molecule has 55 heavy (non-hydrogen) atoms. The summed E-state index contributed by atoms with van der Waals surface area (Å²) < 4.78 is 46.0. The molecular weight excluding hydrogens is 711 g/mol. The number of nitrogens with zero attached hydrogens (tertiary/aromatic N) is 2. The summed E-state index contributed by atoms with van der Waals surface area (Å²) in [6.07, 6.45) is 16.7. The van der Waals surface area contributed by atoms with Gasteiger partial charge in [0.1, 0.15) is 11.5 Å². The average Bonchev–Trinajstić information content (AvgIpc) is 3.35. The average molecular weight is 766 g/mol. The van der Waals surface area contributed by atoms with Crippen molar-refractivity contribution < 1.29 is 27.2 Å². The van der Waals surface area contributed by atoms with Crippen molar-refractivity contribution in [3.05, 3.63) is 136 Å². The van der Waals surface area contributed by atoms with Crippen molar-refractivity contribution in [1.29, 1.82) is 0 Å². The fourth-order valence-corrected chi connectivity index (χ4v) is 8.84. The van der Waals surface area contributed by atoms with Crippen LogP contribution in [0.2, 0.25) is 0 Å². The predicted molar refractivity (Wildman–Crippen MR) is 220 cm³/mol. The van der Waals surface area contributed by atoms with Gasteiger partial charge in [-0.25, -0.2) is 0 Å². The Kier molecular flexibility index (Phi) is 11.8. The van der Waals surface area contributed by atoms with Crippen molar-refractivity contribution in [2.45, 2.75) is 89.5 Å². The number of carbonyl (C=O) groups is 1. The minimum Gasteiger partial charge on any atom is -0.456 e. The molecule has 3 aliphatic heterocycles. The highest BCUT2D eigenvalue weighted by atomic mass is 32.2. The van der Waals surface area contributed by atoms with Crippen LogP contribution >= 0.6 is 0 Å². The zero-order valence-corrected chi connectivity index (χ0v) is 34.1. The Morgan fingerprint density at radius 2 is 1.78 bits per heavy atom. The Hall–Kier alpha value is -4.64. The Bertz CT molecular complexity index is 2150. The number of likely N-dealkylation sites (N-methyl/N-ethyl adjacent to an activating group) is 1. The second-order valence-corrected chi connectivity index (χ2v) is 17.1. The molecule has 0 saturated carbocycles. The molecule has 0 radical (unpaired) electrons. The second kappa shape index (κ2) is 16.2. The van der Waals surface area contributed by atoms with E-state index >= 15 is 0 Å². The van der Waals surface area contributed by atoms with Gasteiger partial charge in [-0.2, -0.15) is 8.42 Å². The molecule has 2 N–H and O–H groups in total. The predicted octanol–water partition coefficient (Wildman–Crippen LogP) is 8.76. The van der Waals surface area contributed by atoms with Crippen LogP contribution in [-0.4, -0.2) is 62.7 Å². The summed E-state index contributed by atoms with van der Waals surface area (Å²) >= 11 is 0. The number of fused-ring (bicyclic) bond motifs is 2. The maximum atomic E-state index is 12.2. The highest BCUT2D eigenvalue weighted by Crippen LogP contribution is 2.49. The van der Waals surface area contributed by atoms with E-state index < -0.39 is 15.5 Å². The molecule has 0 unspecified atom stereocenters. The molecule has 0 spiro atoms. The zero-order valence-electron chi connectivity index (χ0n) is 33.2. The van der Waals surface area contributed by atoms with E-state index in [4.69, 9.17) is 9.47 Å². The van der Waals surface area contributed by atoms with Gasteiger partial charge in [-0.3, -0.25) is 9.35 Å². The lowest BCUT2D eigenvalue weighted by Crippen LogP contribution is -2.44. The Morgan fingerprint density at radius 3 is 2.49 bits per heavy atom. The minimum absolute atomic E-state index is 0.0193. The van der Waals surface area contributed by atoms with Gasteiger partial charge in [0.15, 0.2) is 0 Å². The number of nitrogens with one attached hydrogen (secondary N) is 1. The molecule has 0 aromatic heterocycles. The lowest BCUT2D eigenvalue weighted by atomic mass is 9.81. The number of ether oxygens (including phenoxy) is 2. The van der Waals surface area contributed by atoms with E-state index in [0.717, 1.165) is 77.4 Å². The minimum atomic E-state index is -4.38.